The predicted molar refractivity (Wildman–Crippen MR) is 101 cm³/mol. The van der Waals surface area contributed by atoms with Crippen LogP contribution < -0.4 is 0 Å². The van der Waals surface area contributed by atoms with E-state index in [0.717, 1.165) is 57.4 Å². The van der Waals surface area contributed by atoms with Crippen LogP contribution in [0.5, 0.6) is 5.75 Å². The van der Waals surface area contributed by atoms with E-state index >= 15 is 0 Å². The van der Waals surface area contributed by atoms with Crippen molar-refractivity contribution < 1.29 is 19.4 Å². The third-order valence-electron chi connectivity index (χ3n) is 7.74. The van der Waals surface area contributed by atoms with E-state index in [-0.39, 0.29) is 22.8 Å². The van der Waals surface area contributed by atoms with Crippen molar-refractivity contribution in [2.45, 2.75) is 68.1 Å². The Kier molecular flexibility index (Phi) is 4.12. The van der Waals surface area contributed by atoms with Crippen molar-refractivity contribution in [2.24, 2.45) is 0 Å². The molecule has 5 rings (SSSR count). The maximum absolute atomic E-state index is 12.6. The fraction of sp³-hybridized carbons (Fsp3) is 0.682. The van der Waals surface area contributed by atoms with Crippen LogP contribution in [0.2, 0.25) is 0 Å². The maximum atomic E-state index is 12.6. The van der Waals surface area contributed by atoms with Gasteiger partial charge in [-0.1, -0.05) is 6.07 Å². The molecule has 4 atom stereocenters. The number of benzene rings is 1. The number of fused-ring (bicyclic) bond motifs is 1. The van der Waals surface area contributed by atoms with Crippen LogP contribution in [0.25, 0.3) is 0 Å². The number of hydrogen-bond donors (Lipinski definition) is 1. The minimum absolute atomic E-state index is 0.255. The van der Waals surface area contributed by atoms with Crippen LogP contribution in [-0.2, 0) is 26.1 Å². The molecule has 2 heterocycles. The zero-order chi connectivity index (χ0) is 18.6. The van der Waals surface area contributed by atoms with Crippen molar-refractivity contribution in [3.8, 4) is 5.75 Å². The summed E-state index contributed by atoms with van der Waals surface area (Å²) in [7, 11) is 1.82. The number of nitrogens with zero attached hydrogens (tertiary/aromatic N) is 1. The highest BCUT2D eigenvalue weighted by molar-refractivity contribution is 5.82. The number of Topliss-reactive ketones (excluding diaryl/α,β-unsaturated/α-hetero) is 1. The van der Waals surface area contributed by atoms with Crippen molar-refractivity contribution in [3.05, 3.63) is 29.3 Å². The van der Waals surface area contributed by atoms with E-state index in [2.05, 4.69) is 4.90 Å². The van der Waals surface area contributed by atoms with Gasteiger partial charge in [0.15, 0.2) is 0 Å². The zero-order valence-corrected chi connectivity index (χ0v) is 16.1. The molecule has 1 aromatic carbocycles. The lowest BCUT2D eigenvalue weighted by Gasteiger charge is -2.65. The Morgan fingerprint density at radius 2 is 2.26 bits per heavy atom. The first-order valence-electron chi connectivity index (χ1n) is 10.3. The highest BCUT2D eigenvalue weighted by Crippen LogP contribution is 2.59. The molecular weight excluding hydrogens is 342 g/mol. The molecule has 146 valence electrons. The lowest BCUT2D eigenvalue weighted by molar-refractivity contribution is -0.190. The number of likely N-dealkylation sites (tertiary alicyclic amines) is 1. The van der Waals surface area contributed by atoms with Gasteiger partial charge in [0.25, 0.3) is 0 Å². The summed E-state index contributed by atoms with van der Waals surface area (Å²) in [5, 5.41) is 10.2. The van der Waals surface area contributed by atoms with E-state index in [0.29, 0.717) is 24.7 Å². The van der Waals surface area contributed by atoms with Crippen molar-refractivity contribution in [3.63, 3.8) is 0 Å². The number of carbonyl (C=O) groups is 1. The first-order valence-corrected chi connectivity index (χ1v) is 10.3. The normalized spacial score (nSPS) is 38.5. The molecule has 1 N–H and O–H groups in total. The lowest BCUT2D eigenvalue weighted by atomic mass is 9.49. The van der Waals surface area contributed by atoms with E-state index < -0.39 is 0 Å². The molecule has 0 radical (unpaired) electrons. The second-order valence-electron chi connectivity index (χ2n) is 8.83. The number of rotatable bonds is 3. The summed E-state index contributed by atoms with van der Waals surface area (Å²) in [6.07, 6.45) is 6.30. The molecule has 2 saturated heterocycles. The van der Waals surface area contributed by atoms with Gasteiger partial charge in [-0.2, -0.15) is 0 Å². The van der Waals surface area contributed by atoms with E-state index in [1.165, 1.54) is 5.56 Å². The largest absolute Gasteiger partial charge is 0.508 e. The Hall–Kier alpha value is -1.43. The standard InChI is InChI=1S/C22H29NO4/c1-26-22-7-6-17(25)13-21(22)8-9-23(14-18-3-2-10-27-18)20(22)11-15-4-5-16(24)12-19(15)21/h4-5,12,18,20,24H,2-3,6-11,13-14H2,1H3/t18?,20-,21-,22-/m1/s1. The average Bonchev–Trinajstić information content (AvgIpc) is 3.17. The number of aromatic hydroxyl groups is 1. The first kappa shape index (κ1) is 17.7. The number of phenols is 1. The van der Waals surface area contributed by atoms with Gasteiger partial charge in [0.1, 0.15) is 11.5 Å². The SMILES string of the molecule is CO[C@@]12CCC(=O)C[C@@]13CCN(CC1CCCO1)[C@@H]2Cc1ccc(O)cc13. The molecule has 0 amide bonds. The molecular formula is C22H29NO4. The fourth-order valence-electron chi connectivity index (χ4n) is 6.56. The zero-order valence-electron chi connectivity index (χ0n) is 16.1. The van der Waals surface area contributed by atoms with Crippen LogP contribution in [0, 0.1) is 0 Å². The molecule has 1 aromatic rings. The van der Waals surface area contributed by atoms with Crippen molar-refractivity contribution in [2.75, 3.05) is 26.8 Å². The van der Waals surface area contributed by atoms with Crippen LogP contribution in [0.3, 0.4) is 0 Å². The number of phenolic OH excluding ortho intramolecular Hbond substituents is 1. The van der Waals surface area contributed by atoms with Gasteiger partial charge in [-0.25, -0.2) is 0 Å². The molecule has 5 heteroatoms. The van der Waals surface area contributed by atoms with Gasteiger partial charge in [0, 0.05) is 44.6 Å². The predicted octanol–water partition coefficient (Wildman–Crippen LogP) is 2.58. The summed E-state index contributed by atoms with van der Waals surface area (Å²) in [4.78, 5) is 15.1. The van der Waals surface area contributed by atoms with Gasteiger partial charge >= 0.3 is 0 Å². The van der Waals surface area contributed by atoms with E-state index in [4.69, 9.17) is 9.47 Å². The van der Waals surface area contributed by atoms with Crippen LogP contribution in [-0.4, -0.2) is 60.3 Å². The molecule has 27 heavy (non-hydrogen) atoms. The molecule has 0 aromatic heterocycles. The van der Waals surface area contributed by atoms with E-state index in [1.54, 1.807) is 6.07 Å². The van der Waals surface area contributed by atoms with Crippen LogP contribution in [0.15, 0.2) is 18.2 Å². The van der Waals surface area contributed by atoms with E-state index in [9.17, 15) is 9.90 Å². The number of carbonyl (C=O) groups excluding carboxylic acids is 1. The van der Waals surface area contributed by atoms with Crippen LogP contribution >= 0.6 is 0 Å². The van der Waals surface area contributed by atoms with Crippen molar-refractivity contribution in [1.82, 2.24) is 4.90 Å². The summed E-state index contributed by atoms with van der Waals surface area (Å²) in [6, 6.07) is 5.98. The quantitative estimate of drug-likeness (QED) is 0.885. The molecule has 1 saturated carbocycles. The Morgan fingerprint density at radius 3 is 3.04 bits per heavy atom. The third-order valence-corrected chi connectivity index (χ3v) is 7.74. The van der Waals surface area contributed by atoms with Gasteiger partial charge in [-0.3, -0.25) is 9.69 Å². The van der Waals surface area contributed by atoms with Gasteiger partial charge in [-0.05, 0) is 61.9 Å². The molecule has 2 aliphatic heterocycles. The van der Waals surface area contributed by atoms with Gasteiger partial charge in [0.2, 0.25) is 0 Å². The molecule has 2 bridgehead atoms. The van der Waals surface area contributed by atoms with Gasteiger partial charge in [0.05, 0.1) is 11.7 Å². The molecule has 1 unspecified atom stereocenters. The monoisotopic (exact) mass is 371 g/mol. The average molecular weight is 371 g/mol. The highest BCUT2D eigenvalue weighted by Gasteiger charge is 2.65. The summed E-state index contributed by atoms with van der Waals surface area (Å²) < 4.78 is 12.3. The summed E-state index contributed by atoms with van der Waals surface area (Å²) in [5.41, 5.74) is 1.72. The highest BCUT2D eigenvalue weighted by atomic mass is 16.5. The lowest BCUT2D eigenvalue weighted by Crippen LogP contribution is -2.74. The Labute approximate surface area is 160 Å². The summed E-state index contributed by atoms with van der Waals surface area (Å²) in [6.45, 7) is 2.78. The number of ketones is 1. The Balaban J connectivity index is 1.61. The topological polar surface area (TPSA) is 59.0 Å². The molecule has 0 spiro atoms. The second-order valence-corrected chi connectivity index (χ2v) is 8.83. The molecule has 3 fully saturated rings. The maximum Gasteiger partial charge on any atom is 0.134 e. The Bertz CT molecular complexity index is 759. The number of piperidine rings is 1. The smallest absolute Gasteiger partial charge is 0.134 e. The summed E-state index contributed by atoms with van der Waals surface area (Å²) >= 11 is 0. The van der Waals surface area contributed by atoms with Crippen molar-refractivity contribution in [1.29, 1.82) is 0 Å². The minimum Gasteiger partial charge on any atom is -0.508 e. The van der Waals surface area contributed by atoms with Crippen LogP contribution in [0.1, 0.15) is 49.7 Å². The molecule has 2 aliphatic carbocycles. The second kappa shape index (κ2) is 6.29. The third kappa shape index (κ3) is 2.44. The molecule has 5 nitrogen and oxygen atoms in total. The number of hydrogen-bond acceptors (Lipinski definition) is 5. The molecule has 4 aliphatic rings. The Morgan fingerprint density at radius 1 is 1.37 bits per heavy atom. The summed E-state index contributed by atoms with van der Waals surface area (Å²) in [5.74, 6) is 0.608. The number of methoxy groups -OCH3 is 1. The minimum atomic E-state index is -0.363. The van der Waals surface area contributed by atoms with Crippen LogP contribution in [0.4, 0.5) is 0 Å². The number of ether oxygens (including phenoxy) is 2. The first-order chi connectivity index (χ1) is 13.1. The van der Waals surface area contributed by atoms with Gasteiger partial charge < -0.3 is 14.6 Å². The van der Waals surface area contributed by atoms with Gasteiger partial charge in [-0.15, -0.1) is 0 Å². The van der Waals surface area contributed by atoms with E-state index in [1.807, 2.05) is 19.2 Å². The fourth-order valence-corrected chi connectivity index (χ4v) is 6.56. The van der Waals surface area contributed by atoms with Crippen molar-refractivity contribution >= 4 is 5.78 Å².